The van der Waals surface area contributed by atoms with Gasteiger partial charge in [-0.05, 0) is 18.2 Å². The molecule has 0 atom stereocenters. The lowest BCUT2D eigenvalue weighted by Crippen LogP contribution is -2.27. The van der Waals surface area contributed by atoms with Crippen molar-refractivity contribution in [1.29, 1.82) is 0 Å². The van der Waals surface area contributed by atoms with Crippen LogP contribution in [0.5, 0.6) is 11.5 Å². The number of rotatable bonds is 7. The number of aromatic nitrogens is 1. The zero-order chi connectivity index (χ0) is 18.2. The van der Waals surface area contributed by atoms with Gasteiger partial charge in [0.25, 0.3) is 11.5 Å². The van der Waals surface area contributed by atoms with Crippen LogP contribution < -0.4 is 20.3 Å². The van der Waals surface area contributed by atoms with Crippen molar-refractivity contribution in [1.82, 2.24) is 4.57 Å². The first kappa shape index (κ1) is 18.1. The number of anilines is 1. The highest BCUT2D eigenvalue weighted by Gasteiger charge is 2.12. The summed E-state index contributed by atoms with van der Waals surface area (Å²) in [5.74, 6) is -0.255. The second-order valence-corrected chi connectivity index (χ2v) is 4.94. The van der Waals surface area contributed by atoms with Crippen LogP contribution in [0.2, 0.25) is 0 Å². The van der Waals surface area contributed by atoms with Gasteiger partial charge in [-0.2, -0.15) is 0 Å². The molecule has 0 bridgehead atoms. The van der Waals surface area contributed by atoms with Crippen molar-refractivity contribution in [2.24, 2.45) is 0 Å². The van der Waals surface area contributed by atoms with E-state index < -0.39 is 18.5 Å². The van der Waals surface area contributed by atoms with Gasteiger partial charge in [0.1, 0.15) is 18.0 Å². The van der Waals surface area contributed by atoms with E-state index in [2.05, 4.69) is 5.32 Å². The lowest BCUT2D eigenvalue weighted by Gasteiger charge is -2.12. The monoisotopic (exact) mass is 346 g/mol. The topological polar surface area (TPSA) is 95.9 Å². The Labute approximate surface area is 143 Å². The maximum Gasteiger partial charge on any atom is 0.326 e. The van der Waals surface area contributed by atoms with Crippen LogP contribution in [0.15, 0.2) is 47.4 Å². The number of amides is 1. The van der Waals surface area contributed by atoms with Crippen LogP contribution in [0.4, 0.5) is 5.69 Å². The van der Waals surface area contributed by atoms with Crippen LogP contribution in [0, 0.1) is 0 Å². The number of methoxy groups -OCH3 is 2. The number of nitrogens with one attached hydrogen (secondary N) is 1. The first-order chi connectivity index (χ1) is 12.0. The van der Waals surface area contributed by atoms with Gasteiger partial charge in [0.2, 0.25) is 0 Å². The lowest BCUT2D eigenvalue weighted by molar-refractivity contribution is -0.147. The molecule has 0 fully saturated rings. The predicted molar refractivity (Wildman–Crippen MR) is 89.8 cm³/mol. The molecule has 0 aliphatic rings. The summed E-state index contributed by atoms with van der Waals surface area (Å²) in [7, 11) is 2.97. The van der Waals surface area contributed by atoms with E-state index in [1.54, 1.807) is 30.3 Å². The van der Waals surface area contributed by atoms with Crippen molar-refractivity contribution in [2.75, 3.05) is 26.1 Å². The van der Waals surface area contributed by atoms with E-state index in [1.807, 2.05) is 0 Å². The van der Waals surface area contributed by atoms with Gasteiger partial charge in [-0.1, -0.05) is 6.07 Å². The molecule has 0 saturated carbocycles. The minimum atomic E-state index is -0.693. The average Bonchev–Trinajstić information content (AvgIpc) is 2.62. The summed E-state index contributed by atoms with van der Waals surface area (Å²) in [4.78, 5) is 35.2. The third-order valence-electron chi connectivity index (χ3n) is 3.24. The number of hydrogen-bond acceptors (Lipinski definition) is 6. The summed E-state index contributed by atoms with van der Waals surface area (Å²) in [6.45, 7) is -0.754. The molecule has 8 heteroatoms. The van der Waals surface area contributed by atoms with Gasteiger partial charge in [-0.3, -0.25) is 14.4 Å². The van der Waals surface area contributed by atoms with Crippen LogP contribution in [0.1, 0.15) is 0 Å². The molecule has 25 heavy (non-hydrogen) atoms. The minimum absolute atomic E-state index is 0.268. The van der Waals surface area contributed by atoms with E-state index in [1.165, 1.54) is 31.0 Å². The Balaban J connectivity index is 1.91. The largest absolute Gasteiger partial charge is 0.497 e. The number of pyridine rings is 1. The first-order valence-electron chi connectivity index (χ1n) is 7.36. The number of nitrogens with zero attached hydrogens (tertiary/aromatic N) is 1. The van der Waals surface area contributed by atoms with Crippen molar-refractivity contribution in [2.45, 2.75) is 6.54 Å². The van der Waals surface area contributed by atoms with Crippen LogP contribution in [0.3, 0.4) is 0 Å². The molecular weight excluding hydrogens is 328 g/mol. The van der Waals surface area contributed by atoms with Gasteiger partial charge in [0.15, 0.2) is 6.61 Å². The zero-order valence-electron chi connectivity index (χ0n) is 13.9. The Morgan fingerprint density at radius 3 is 2.60 bits per heavy atom. The molecule has 2 aromatic rings. The Kier molecular flexibility index (Phi) is 6.16. The lowest BCUT2D eigenvalue weighted by atomic mass is 10.2. The number of carbonyl (C=O) groups is 2. The average molecular weight is 346 g/mol. The van der Waals surface area contributed by atoms with Crippen LogP contribution in [-0.4, -0.2) is 37.3 Å². The summed E-state index contributed by atoms with van der Waals surface area (Å²) in [5, 5.41) is 2.58. The van der Waals surface area contributed by atoms with E-state index in [0.29, 0.717) is 17.2 Å². The number of ether oxygens (including phenoxy) is 3. The number of carbonyl (C=O) groups excluding carboxylic acids is 2. The van der Waals surface area contributed by atoms with Crippen LogP contribution in [0.25, 0.3) is 0 Å². The molecule has 0 saturated heterocycles. The smallest absolute Gasteiger partial charge is 0.326 e. The molecule has 0 radical (unpaired) electrons. The molecule has 0 aliphatic carbocycles. The third kappa shape index (κ3) is 5.10. The van der Waals surface area contributed by atoms with E-state index in [-0.39, 0.29) is 12.1 Å². The van der Waals surface area contributed by atoms with Crippen LogP contribution >= 0.6 is 0 Å². The SMILES string of the molecule is COc1ccc(OC)c(NC(=O)COC(=O)Cn2ccccc2=O)c1. The molecule has 1 heterocycles. The van der Waals surface area contributed by atoms with Crippen LogP contribution in [-0.2, 0) is 20.9 Å². The molecule has 1 amide bonds. The number of hydrogen-bond donors (Lipinski definition) is 1. The highest BCUT2D eigenvalue weighted by Crippen LogP contribution is 2.28. The molecule has 132 valence electrons. The highest BCUT2D eigenvalue weighted by atomic mass is 16.5. The fourth-order valence-electron chi connectivity index (χ4n) is 2.02. The Hall–Kier alpha value is -3.29. The fraction of sp³-hybridized carbons (Fsp3) is 0.235. The summed E-state index contributed by atoms with van der Waals surface area (Å²) in [6.07, 6.45) is 1.46. The molecule has 0 spiro atoms. The maximum atomic E-state index is 12.0. The maximum absolute atomic E-state index is 12.0. The third-order valence-corrected chi connectivity index (χ3v) is 3.24. The molecule has 0 aliphatic heterocycles. The molecule has 1 aromatic heterocycles. The van der Waals surface area contributed by atoms with Crippen molar-refractivity contribution in [3.05, 3.63) is 52.9 Å². The summed E-state index contributed by atoms with van der Waals surface area (Å²) < 4.78 is 16.3. The van der Waals surface area contributed by atoms with E-state index in [9.17, 15) is 14.4 Å². The summed E-state index contributed by atoms with van der Waals surface area (Å²) in [5.41, 5.74) is 0.0622. The fourth-order valence-corrected chi connectivity index (χ4v) is 2.02. The first-order valence-corrected chi connectivity index (χ1v) is 7.36. The van der Waals surface area contributed by atoms with Gasteiger partial charge >= 0.3 is 5.97 Å². The van der Waals surface area contributed by atoms with E-state index >= 15 is 0 Å². The quantitative estimate of drug-likeness (QED) is 0.753. The normalized spacial score (nSPS) is 10.0. The summed E-state index contributed by atoms with van der Waals surface area (Å²) in [6, 6.07) is 9.43. The Morgan fingerprint density at radius 1 is 1.12 bits per heavy atom. The number of esters is 1. The van der Waals surface area contributed by atoms with Crippen molar-refractivity contribution >= 4 is 17.6 Å². The number of benzene rings is 1. The Bertz CT molecular complexity index is 815. The van der Waals surface area contributed by atoms with Crippen molar-refractivity contribution < 1.29 is 23.8 Å². The van der Waals surface area contributed by atoms with E-state index in [0.717, 1.165) is 0 Å². The Morgan fingerprint density at radius 2 is 1.92 bits per heavy atom. The predicted octanol–water partition coefficient (Wildman–Crippen LogP) is 1.05. The zero-order valence-corrected chi connectivity index (χ0v) is 13.9. The molecule has 2 rings (SSSR count). The molecule has 1 N–H and O–H groups in total. The standard InChI is InChI=1S/C17H18N2O6/c1-23-12-6-7-14(24-2)13(9-12)18-15(20)11-25-17(22)10-19-8-4-3-5-16(19)21/h3-9H,10-11H2,1-2H3,(H,18,20). The van der Waals surface area contributed by atoms with Gasteiger partial charge in [0.05, 0.1) is 19.9 Å². The molecule has 8 nitrogen and oxygen atoms in total. The second kappa shape index (κ2) is 8.53. The van der Waals surface area contributed by atoms with Gasteiger partial charge < -0.3 is 24.1 Å². The van der Waals surface area contributed by atoms with E-state index in [4.69, 9.17) is 14.2 Å². The molecule has 0 unspecified atom stereocenters. The van der Waals surface area contributed by atoms with Crippen molar-refractivity contribution in [3.8, 4) is 11.5 Å². The molecular formula is C17H18N2O6. The van der Waals surface area contributed by atoms with Crippen molar-refractivity contribution in [3.63, 3.8) is 0 Å². The highest BCUT2D eigenvalue weighted by molar-refractivity contribution is 5.94. The van der Waals surface area contributed by atoms with Gasteiger partial charge in [0, 0.05) is 18.3 Å². The second-order valence-electron chi connectivity index (χ2n) is 4.94. The van der Waals surface area contributed by atoms with Gasteiger partial charge in [-0.15, -0.1) is 0 Å². The minimum Gasteiger partial charge on any atom is -0.497 e. The molecule has 1 aromatic carbocycles. The van der Waals surface area contributed by atoms with Gasteiger partial charge in [-0.25, -0.2) is 0 Å². The summed E-state index contributed by atoms with van der Waals surface area (Å²) >= 11 is 0.